The van der Waals surface area contributed by atoms with Gasteiger partial charge in [-0.25, -0.2) is 4.79 Å². The van der Waals surface area contributed by atoms with Crippen molar-refractivity contribution in [3.63, 3.8) is 0 Å². The highest BCUT2D eigenvalue weighted by atomic mass is 32.1. The van der Waals surface area contributed by atoms with E-state index in [0.717, 1.165) is 5.56 Å². The van der Waals surface area contributed by atoms with Gasteiger partial charge in [-0.2, -0.15) is 0 Å². The summed E-state index contributed by atoms with van der Waals surface area (Å²) in [5, 5.41) is 22.1. The molecule has 0 aliphatic heterocycles. The molecule has 8 nitrogen and oxygen atoms in total. The molecule has 0 bridgehead atoms. The second-order valence-electron chi connectivity index (χ2n) is 4.67. The predicted molar refractivity (Wildman–Crippen MR) is 84.2 cm³/mol. The summed E-state index contributed by atoms with van der Waals surface area (Å²) in [5.41, 5.74) is 2.35. The summed E-state index contributed by atoms with van der Waals surface area (Å²) in [6.45, 7) is 0.109. The molecule has 1 aromatic carbocycles. The molecule has 23 heavy (non-hydrogen) atoms. The fraction of sp³-hybridized carbons (Fsp3) is 0.286. The number of hydrogen-bond acceptors (Lipinski definition) is 7. The first kappa shape index (κ1) is 16.7. The first-order valence-electron chi connectivity index (χ1n) is 6.75. The molecular formula is C14H16N4O4S. The maximum atomic E-state index is 11.8. The predicted octanol–water partition coefficient (Wildman–Crippen LogP) is 1.40. The molecule has 2 amide bonds. The van der Waals surface area contributed by atoms with Gasteiger partial charge < -0.3 is 15.2 Å². The van der Waals surface area contributed by atoms with Gasteiger partial charge in [-0.15, -0.1) is 10.2 Å². The summed E-state index contributed by atoms with van der Waals surface area (Å²) >= 11 is 1.19. The van der Waals surface area contributed by atoms with Gasteiger partial charge in [-0.05, 0) is 24.1 Å². The molecule has 0 aliphatic carbocycles. The van der Waals surface area contributed by atoms with Crippen LogP contribution in [-0.4, -0.2) is 41.0 Å². The van der Waals surface area contributed by atoms with E-state index in [4.69, 9.17) is 4.74 Å². The number of amides is 2. The Kier molecular flexibility index (Phi) is 5.87. The van der Waals surface area contributed by atoms with Crippen LogP contribution in [0.1, 0.15) is 5.56 Å². The third kappa shape index (κ3) is 5.22. The zero-order valence-corrected chi connectivity index (χ0v) is 13.2. The largest absolute Gasteiger partial charge is 0.508 e. The number of aromatic hydroxyl groups is 1. The molecule has 9 heteroatoms. The molecular weight excluding hydrogens is 320 g/mol. The van der Waals surface area contributed by atoms with Gasteiger partial charge in [0.2, 0.25) is 5.13 Å². The van der Waals surface area contributed by atoms with Crippen LogP contribution in [0, 0.1) is 5.92 Å². The van der Waals surface area contributed by atoms with Gasteiger partial charge in [0.25, 0.3) is 0 Å². The van der Waals surface area contributed by atoms with E-state index in [9.17, 15) is 14.7 Å². The van der Waals surface area contributed by atoms with Crippen molar-refractivity contribution >= 4 is 28.5 Å². The van der Waals surface area contributed by atoms with Crippen LogP contribution in [0.3, 0.4) is 0 Å². The smallest absolute Gasteiger partial charge is 0.321 e. The minimum atomic E-state index is -0.537. The highest BCUT2D eigenvalue weighted by Gasteiger charge is 2.21. The number of nitrogens with one attached hydrogen (secondary N) is 2. The van der Waals surface area contributed by atoms with Crippen molar-refractivity contribution in [3.8, 4) is 5.75 Å². The summed E-state index contributed by atoms with van der Waals surface area (Å²) in [4.78, 5) is 23.6. The molecule has 1 atom stereocenters. The standard InChI is InChI=1S/C14H16N4O4S/c1-22-12(20)10(6-9-2-4-11(19)5-3-9)7-15-13(21)17-14-18-16-8-23-14/h2-5,8,10,19H,6-7H2,1H3,(H2,15,17,18,21)/t10-/m0/s1. The number of ether oxygens (including phenoxy) is 1. The van der Waals surface area contributed by atoms with Crippen molar-refractivity contribution in [3.05, 3.63) is 35.3 Å². The Bertz CT molecular complexity index is 645. The summed E-state index contributed by atoms with van der Waals surface area (Å²) < 4.78 is 4.77. The molecule has 122 valence electrons. The van der Waals surface area contributed by atoms with Crippen molar-refractivity contribution in [1.82, 2.24) is 15.5 Å². The number of carbonyl (C=O) groups excluding carboxylic acids is 2. The van der Waals surface area contributed by atoms with E-state index >= 15 is 0 Å². The Morgan fingerprint density at radius 3 is 2.70 bits per heavy atom. The van der Waals surface area contributed by atoms with Gasteiger partial charge in [0.15, 0.2) is 0 Å². The first-order chi connectivity index (χ1) is 11.1. The van der Waals surface area contributed by atoms with E-state index in [2.05, 4.69) is 20.8 Å². The Hall–Kier alpha value is -2.68. The van der Waals surface area contributed by atoms with Gasteiger partial charge in [0, 0.05) is 6.54 Å². The summed E-state index contributed by atoms with van der Waals surface area (Å²) in [5.74, 6) is -0.808. The number of hydrogen-bond donors (Lipinski definition) is 3. The topological polar surface area (TPSA) is 113 Å². The third-order valence-electron chi connectivity index (χ3n) is 3.04. The molecule has 3 N–H and O–H groups in total. The van der Waals surface area contributed by atoms with Crippen LogP contribution in [-0.2, 0) is 16.0 Å². The fourth-order valence-electron chi connectivity index (χ4n) is 1.91. The molecule has 0 radical (unpaired) electrons. The number of anilines is 1. The van der Waals surface area contributed by atoms with Crippen LogP contribution in [0.15, 0.2) is 29.8 Å². The van der Waals surface area contributed by atoms with E-state index in [1.807, 2.05) is 0 Å². The zero-order chi connectivity index (χ0) is 16.7. The Labute approximate surface area is 136 Å². The van der Waals surface area contributed by atoms with Crippen molar-refractivity contribution in [1.29, 1.82) is 0 Å². The molecule has 0 spiro atoms. The Balaban J connectivity index is 1.91. The second kappa shape index (κ2) is 8.08. The number of methoxy groups -OCH3 is 1. The van der Waals surface area contributed by atoms with Crippen molar-refractivity contribution in [2.45, 2.75) is 6.42 Å². The molecule has 0 fully saturated rings. The van der Waals surface area contributed by atoms with E-state index in [0.29, 0.717) is 11.6 Å². The lowest BCUT2D eigenvalue weighted by molar-refractivity contribution is -0.145. The number of rotatable bonds is 6. The molecule has 0 saturated carbocycles. The first-order valence-corrected chi connectivity index (χ1v) is 7.63. The van der Waals surface area contributed by atoms with Crippen molar-refractivity contribution < 1.29 is 19.4 Å². The zero-order valence-electron chi connectivity index (χ0n) is 12.4. The second-order valence-corrected chi connectivity index (χ2v) is 5.50. The number of phenolic OH excluding ortho intramolecular Hbond substituents is 1. The number of phenols is 1. The highest BCUT2D eigenvalue weighted by molar-refractivity contribution is 7.13. The summed E-state index contributed by atoms with van der Waals surface area (Å²) in [6.07, 6.45) is 0.381. The van der Waals surface area contributed by atoms with E-state index in [-0.39, 0.29) is 12.3 Å². The average Bonchev–Trinajstić information content (AvgIpc) is 3.05. The van der Waals surface area contributed by atoms with Crippen LogP contribution >= 0.6 is 11.3 Å². The van der Waals surface area contributed by atoms with E-state index in [1.54, 1.807) is 24.3 Å². The van der Waals surface area contributed by atoms with Gasteiger partial charge in [-0.3, -0.25) is 10.1 Å². The summed E-state index contributed by atoms with van der Waals surface area (Å²) in [7, 11) is 1.30. The molecule has 0 unspecified atom stereocenters. The molecule has 2 aromatic rings. The number of carbonyl (C=O) groups is 2. The van der Waals surface area contributed by atoms with Crippen LogP contribution in [0.5, 0.6) is 5.75 Å². The quantitative estimate of drug-likeness (QED) is 0.687. The SMILES string of the molecule is COC(=O)[C@H](CNC(=O)Nc1nncs1)Cc1ccc(O)cc1. The van der Waals surface area contributed by atoms with Gasteiger partial charge in [-0.1, -0.05) is 23.5 Å². The minimum absolute atomic E-state index is 0.109. The maximum absolute atomic E-state index is 11.8. The third-order valence-corrected chi connectivity index (χ3v) is 3.65. The van der Waals surface area contributed by atoms with Crippen LogP contribution in [0.2, 0.25) is 0 Å². The normalized spacial score (nSPS) is 11.5. The molecule has 1 aromatic heterocycles. The van der Waals surface area contributed by atoms with E-state index in [1.165, 1.54) is 24.0 Å². The van der Waals surface area contributed by atoms with Crippen molar-refractivity contribution in [2.75, 3.05) is 19.0 Å². The van der Waals surface area contributed by atoms with Crippen LogP contribution < -0.4 is 10.6 Å². The Morgan fingerprint density at radius 1 is 1.35 bits per heavy atom. The summed E-state index contributed by atoms with van der Waals surface area (Å²) in [6, 6.07) is 6.04. The average molecular weight is 336 g/mol. The lowest BCUT2D eigenvalue weighted by atomic mass is 9.99. The van der Waals surface area contributed by atoms with Crippen molar-refractivity contribution in [2.24, 2.45) is 5.92 Å². The van der Waals surface area contributed by atoms with Crippen LogP contribution in [0.4, 0.5) is 9.93 Å². The Morgan fingerprint density at radius 2 is 2.09 bits per heavy atom. The molecule has 0 saturated heterocycles. The number of aromatic nitrogens is 2. The van der Waals surface area contributed by atoms with E-state index < -0.39 is 17.9 Å². The van der Waals surface area contributed by atoms with Gasteiger partial charge in [0.05, 0.1) is 13.0 Å². The minimum Gasteiger partial charge on any atom is -0.508 e. The molecule has 0 aliphatic rings. The molecule has 2 rings (SSSR count). The van der Waals surface area contributed by atoms with Crippen LogP contribution in [0.25, 0.3) is 0 Å². The lowest BCUT2D eigenvalue weighted by Gasteiger charge is -2.15. The number of nitrogens with zero attached hydrogens (tertiary/aromatic N) is 2. The highest BCUT2D eigenvalue weighted by Crippen LogP contribution is 2.14. The van der Waals surface area contributed by atoms with Gasteiger partial charge >= 0.3 is 12.0 Å². The lowest BCUT2D eigenvalue weighted by Crippen LogP contribution is -2.37. The fourth-order valence-corrected chi connectivity index (χ4v) is 2.35. The number of urea groups is 1. The monoisotopic (exact) mass is 336 g/mol. The number of esters is 1. The maximum Gasteiger partial charge on any atom is 0.321 e. The number of benzene rings is 1. The van der Waals surface area contributed by atoms with Gasteiger partial charge in [0.1, 0.15) is 11.3 Å². The molecule has 1 heterocycles.